The van der Waals surface area contributed by atoms with E-state index in [1.54, 1.807) is 47.9 Å². The summed E-state index contributed by atoms with van der Waals surface area (Å²) in [7, 11) is 0. The first-order valence-electron chi connectivity index (χ1n) is 9.05. The van der Waals surface area contributed by atoms with Crippen LogP contribution in [0.5, 0.6) is 0 Å². The van der Waals surface area contributed by atoms with Gasteiger partial charge in [-0.2, -0.15) is 0 Å². The van der Waals surface area contributed by atoms with Gasteiger partial charge in [-0.15, -0.1) is 0 Å². The zero-order chi connectivity index (χ0) is 18.6. The Morgan fingerprint density at radius 1 is 1.22 bits per heavy atom. The average molecular weight is 365 g/mol. The minimum atomic E-state index is -0.469. The van der Waals surface area contributed by atoms with Gasteiger partial charge in [-0.3, -0.25) is 9.78 Å². The largest absolute Gasteiger partial charge is 0.343 e. The molecule has 0 radical (unpaired) electrons. The number of carbonyl (C=O) groups excluding carboxylic acids is 1. The van der Waals surface area contributed by atoms with Crippen LogP contribution in [0.4, 0.5) is 4.39 Å². The number of likely N-dealkylation sites (tertiary alicyclic amines) is 1. The van der Waals surface area contributed by atoms with Crippen LogP contribution in [-0.2, 0) is 6.42 Å². The minimum absolute atomic E-state index is 0.140. The molecule has 1 fully saturated rings. The summed E-state index contributed by atoms with van der Waals surface area (Å²) in [6.07, 6.45) is 9.55. The lowest BCUT2D eigenvalue weighted by molar-refractivity contribution is 0.0668. The summed E-state index contributed by atoms with van der Waals surface area (Å²) in [5, 5.41) is 0. The highest BCUT2D eigenvalue weighted by Gasteiger charge is 2.26. The number of H-pyrrole nitrogens is 1. The number of carbonyl (C=O) groups is 1. The number of imidazole rings is 1. The molecule has 7 heteroatoms. The van der Waals surface area contributed by atoms with Gasteiger partial charge < -0.3 is 9.88 Å². The molecule has 4 rings (SSSR count). The summed E-state index contributed by atoms with van der Waals surface area (Å²) in [5.74, 6) is 0.271. The highest BCUT2D eigenvalue weighted by molar-refractivity contribution is 5.94. The van der Waals surface area contributed by atoms with Gasteiger partial charge in [0.25, 0.3) is 5.91 Å². The van der Waals surface area contributed by atoms with Crippen LogP contribution >= 0.6 is 0 Å². The third-order valence-corrected chi connectivity index (χ3v) is 4.85. The standard InChI is InChI=1S/C20H20FN5O/c21-17-6-2-1-5-16(17)20(27)26-9-3-4-14(13-26)10-15-11-25-18(12-24-15)19-22-7-8-23-19/h1-2,5-8,11-12,14H,3-4,9-10,13H2,(H,22,23). The molecular formula is C20H20FN5O. The Morgan fingerprint density at radius 2 is 2.11 bits per heavy atom. The fourth-order valence-electron chi connectivity index (χ4n) is 3.50. The van der Waals surface area contributed by atoms with Crippen LogP contribution in [0.3, 0.4) is 0 Å². The molecule has 6 nitrogen and oxygen atoms in total. The van der Waals surface area contributed by atoms with Crippen LogP contribution in [0, 0.1) is 11.7 Å². The molecule has 1 atom stereocenters. The van der Waals surface area contributed by atoms with Gasteiger partial charge in [0.15, 0.2) is 5.82 Å². The highest BCUT2D eigenvalue weighted by Crippen LogP contribution is 2.22. The van der Waals surface area contributed by atoms with Gasteiger partial charge in [-0.05, 0) is 37.3 Å². The lowest BCUT2D eigenvalue weighted by Gasteiger charge is -2.32. The number of aromatic amines is 1. The molecule has 3 aromatic rings. The first-order chi connectivity index (χ1) is 13.2. The Labute approximate surface area is 156 Å². The van der Waals surface area contributed by atoms with Crippen molar-refractivity contribution in [2.45, 2.75) is 19.3 Å². The van der Waals surface area contributed by atoms with Gasteiger partial charge >= 0.3 is 0 Å². The number of hydrogen-bond donors (Lipinski definition) is 1. The van der Waals surface area contributed by atoms with Gasteiger partial charge in [-0.25, -0.2) is 14.4 Å². The molecule has 27 heavy (non-hydrogen) atoms. The fourth-order valence-corrected chi connectivity index (χ4v) is 3.50. The molecule has 3 heterocycles. The third kappa shape index (κ3) is 3.86. The second kappa shape index (κ2) is 7.65. The number of nitrogens with zero attached hydrogens (tertiary/aromatic N) is 4. The zero-order valence-corrected chi connectivity index (χ0v) is 14.8. The van der Waals surface area contributed by atoms with Gasteiger partial charge in [0.05, 0.1) is 17.5 Å². The predicted octanol–water partition coefficient (Wildman–Crippen LogP) is 3.10. The van der Waals surface area contributed by atoms with E-state index in [9.17, 15) is 9.18 Å². The van der Waals surface area contributed by atoms with Crippen molar-refractivity contribution in [2.75, 3.05) is 13.1 Å². The second-order valence-electron chi connectivity index (χ2n) is 6.77. The molecule has 0 spiro atoms. The topological polar surface area (TPSA) is 74.8 Å². The van der Waals surface area contributed by atoms with E-state index in [2.05, 4.69) is 19.9 Å². The second-order valence-corrected chi connectivity index (χ2v) is 6.77. The Kier molecular flexibility index (Phi) is 4.91. The van der Waals surface area contributed by atoms with E-state index in [0.29, 0.717) is 30.5 Å². The van der Waals surface area contributed by atoms with E-state index in [4.69, 9.17) is 0 Å². The van der Waals surface area contributed by atoms with Crippen LogP contribution in [-0.4, -0.2) is 43.8 Å². The SMILES string of the molecule is O=C(c1ccccc1F)N1CCCC(Cc2cnc(-c3ncc[nH]3)cn2)C1. The quantitative estimate of drug-likeness (QED) is 0.771. The summed E-state index contributed by atoms with van der Waals surface area (Å²) < 4.78 is 13.9. The predicted molar refractivity (Wildman–Crippen MR) is 98.3 cm³/mol. The molecule has 1 saturated heterocycles. The van der Waals surface area contributed by atoms with E-state index in [1.165, 1.54) is 6.07 Å². The average Bonchev–Trinajstić information content (AvgIpc) is 3.23. The lowest BCUT2D eigenvalue weighted by Crippen LogP contribution is -2.40. The molecule has 0 saturated carbocycles. The number of benzene rings is 1. The fraction of sp³-hybridized carbons (Fsp3) is 0.300. The molecule has 1 amide bonds. The molecule has 1 aliphatic heterocycles. The number of aromatic nitrogens is 4. The molecule has 0 aliphatic carbocycles. The first kappa shape index (κ1) is 17.3. The minimum Gasteiger partial charge on any atom is -0.343 e. The van der Waals surface area contributed by atoms with Crippen LogP contribution in [0.25, 0.3) is 11.5 Å². The zero-order valence-electron chi connectivity index (χ0n) is 14.8. The number of halogens is 1. The van der Waals surface area contributed by atoms with Crippen LogP contribution in [0.15, 0.2) is 49.1 Å². The van der Waals surface area contributed by atoms with E-state index >= 15 is 0 Å². The van der Waals surface area contributed by atoms with Crippen LogP contribution in [0.2, 0.25) is 0 Å². The van der Waals surface area contributed by atoms with Crippen molar-refractivity contribution >= 4 is 5.91 Å². The molecule has 1 aromatic carbocycles. The Bertz CT molecular complexity index is 910. The molecule has 1 N–H and O–H groups in total. The van der Waals surface area contributed by atoms with Crippen molar-refractivity contribution in [3.8, 4) is 11.5 Å². The molecule has 2 aromatic heterocycles. The summed E-state index contributed by atoms with van der Waals surface area (Å²) in [6.45, 7) is 1.27. The first-order valence-corrected chi connectivity index (χ1v) is 9.05. The summed E-state index contributed by atoms with van der Waals surface area (Å²) in [4.78, 5) is 30.5. The smallest absolute Gasteiger partial charge is 0.256 e. The molecule has 0 bridgehead atoms. The Balaban J connectivity index is 1.41. The van der Waals surface area contributed by atoms with Crippen molar-refractivity contribution in [1.82, 2.24) is 24.8 Å². The maximum Gasteiger partial charge on any atom is 0.256 e. The van der Waals surface area contributed by atoms with E-state index in [1.807, 2.05) is 0 Å². The highest BCUT2D eigenvalue weighted by atomic mass is 19.1. The molecule has 1 unspecified atom stereocenters. The number of piperidine rings is 1. The summed E-state index contributed by atoms with van der Waals surface area (Å²) >= 11 is 0. The maximum absolute atomic E-state index is 13.9. The van der Waals surface area contributed by atoms with Crippen molar-refractivity contribution in [1.29, 1.82) is 0 Å². The number of nitrogens with one attached hydrogen (secondary N) is 1. The monoisotopic (exact) mass is 365 g/mol. The molecular weight excluding hydrogens is 345 g/mol. The van der Waals surface area contributed by atoms with Crippen LogP contribution in [0.1, 0.15) is 28.9 Å². The van der Waals surface area contributed by atoms with E-state index in [-0.39, 0.29) is 11.5 Å². The van der Waals surface area contributed by atoms with Crippen molar-refractivity contribution in [2.24, 2.45) is 5.92 Å². The van der Waals surface area contributed by atoms with Crippen molar-refractivity contribution in [3.05, 3.63) is 66.1 Å². The Morgan fingerprint density at radius 3 is 2.85 bits per heavy atom. The van der Waals surface area contributed by atoms with Crippen LogP contribution < -0.4 is 0 Å². The number of amides is 1. The molecule has 138 valence electrons. The normalized spacial score (nSPS) is 17.1. The third-order valence-electron chi connectivity index (χ3n) is 4.85. The van der Waals surface area contributed by atoms with Crippen molar-refractivity contribution in [3.63, 3.8) is 0 Å². The van der Waals surface area contributed by atoms with Crippen molar-refractivity contribution < 1.29 is 9.18 Å². The Hall–Kier alpha value is -3.09. The van der Waals surface area contributed by atoms with Gasteiger partial charge in [0.1, 0.15) is 11.5 Å². The van der Waals surface area contributed by atoms with Gasteiger partial charge in [0, 0.05) is 31.7 Å². The van der Waals surface area contributed by atoms with Gasteiger partial charge in [-0.1, -0.05) is 12.1 Å². The van der Waals surface area contributed by atoms with E-state index in [0.717, 1.165) is 25.0 Å². The maximum atomic E-state index is 13.9. The molecule has 1 aliphatic rings. The number of rotatable bonds is 4. The number of hydrogen-bond acceptors (Lipinski definition) is 4. The summed E-state index contributed by atoms with van der Waals surface area (Å²) in [5.41, 5.74) is 1.72. The summed E-state index contributed by atoms with van der Waals surface area (Å²) in [6, 6.07) is 6.15. The lowest BCUT2D eigenvalue weighted by atomic mass is 9.93. The van der Waals surface area contributed by atoms with Gasteiger partial charge in [0.2, 0.25) is 0 Å². The van der Waals surface area contributed by atoms with E-state index < -0.39 is 5.82 Å².